The minimum absolute atomic E-state index is 0.156. The predicted octanol–water partition coefficient (Wildman–Crippen LogP) is 4.04. The van der Waals surface area contributed by atoms with Crippen LogP contribution in [0.3, 0.4) is 0 Å². The van der Waals surface area contributed by atoms with E-state index in [-0.39, 0.29) is 6.04 Å². The Bertz CT molecular complexity index is 306. The van der Waals surface area contributed by atoms with Crippen molar-refractivity contribution in [2.45, 2.75) is 77.8 Å². The summed E-state index contributed by atoms with van der Waals surface area (Å²) in [6.45, 7) is 5.28. The topological polar surface area (TPSA) is 43.8 Å². The third-order valence-electron chi connectivity index (χ3n) is 3.55. The molecule has 0 aliphatic rings. The van der Waals surface area contributed by atoms with E-state index in [4.69, 9.17) is 5.73 Å². The van der Waals surface area contributed by atoms with E-state index < -0.39 is 0 Å². The molecule has 104 valence electrons. The van der Waals surface area contributed by atoms with Crippen LogP contribution in [0, 0.1) is 0 Å². The zero-order valence-corrected chi connectivity index (χ0v) is 12.1. The van der Waals surface area contributed by atoms with Gasteiger partial charge in [-0.05, 0) is 19.4 Å². The molecule has 0 spiro atoms. The quantitative estimate of drug-likeness (QED) is 0.638. The second kappa shape index (κ2) is 9.15. The third-order valence-corrected chi connectivity index (χ3v) is 3.55. The average Bonchev–Trinajstić information content (AvgIpc) is 2.85. The van der Waals surface area contributed by atoms with Crippen LogP contribution in [0.2, 0.25) is 0 Å². The van der Waals surface area contributed by atoms with Crippen LogP contribution < -0.4 is 5.73 Å². The molecule has 0 aliphatic carbocycles. The van der Waals surface area contributed by atoms with Crippen molar-refractivity contribution < 1.29 is 0 Å². The largest absolute Gasteiger partial charge is 0.323 e. The molecule has 0 radical (unpaired) electrons. The zero-order chi connectivity index (χ0) is 13.2. The lowest BCUT2D eigenvalue weighted by Gasteiger charge is -2.13. The molecule has 1 atom stereocenters. The molecule has 1 aromatic heterocycles. The van der Waals surface area contributed by atoms with Crippen molar-refractivity contribution in [3.8, 4) is 0 Å². The molecule has 0 aromatic carbocycles. The first-order chi connectivity index (χ1) is 8.79. The number of nitrogens with zero attached hydrogens (tertiary/aromatic N) is 2. The molecule has 0 saturated carbocycles. The van der Waals surface area contributed by atoms with Crippen molar-refractivity contribution in [3.05, 3.63) is 18.0 Å². The molecule has 0 saturated heterocycles. The maximum Gasteiger partial charge on any atom is 0.0551 e. The summed E-state index contributed by atoms with van der Waals surface area (Å²) in [6.07, 6.45) is 12.3. The molecule has 18 heavy (non-hydrogen) atoms. The summed E-state index contributed by atoms with van der Waals surface area (Å²) in [5.74, 6) is 0. The Kier molecular flexibility index (Phi) is 7.74. The SMILES string of the molecule is CCCCCCCCCC(N)c1ccnn1CC. The highest BCUT2D eigenvalue weighted by Crippen LogP contribution is 2.18. The van der Waals surface area contributed by atoms with Crippen molar-refractivity contribution >= 4 is 0 Å². The van der Waals surface area contributed by atoms with Gasteiger partial charge in [0.05, 0.1) is 5.69 Å². The van der Waals surface area contributed by atoms with Crippen molar-refractivity contribution in [2.24, 2.45) is 5.73 Å². The molecule has 1 aromatic rings. The van der Waals surface area contributed by atoms with Crippen LogP contribution >= 0.6 is 0 Å². The van der Waals surface area contributed by atoms with Gasteiger partial charge in [0.25, 0.3) is 0 Å². The fourth-order valence-electron chi connectivity index (χ4n) is 2.39. The fraction of sp³-hybridized carbons (Fsp3) is 0.800. The van der Waals surface area contributed by atoms with E-state index >= 15 is 0 Å². The second-order valence-corrected chi connectivity index (χ2v) is 5.09. The molecule has 0 aliphatic heterocycles. The summed E-state index contributed by atoms with van der Waals surface area (Å²) in [5.41, 5.74) is 7.40. The Hall–Kier alpha value is -0.830. The molecule has 3 nitrogen and oxygen atoms in total. The Morgan fingerprint density at radius 2 is 1.78 bits per heavy atom. The van der Waals surface area contributed by atoms with Crippen LogP contribution in [-0.4, -0.2) is 9.78 Å². The highest BCUT2D eigenvalue weighted by molar-refractivity contribution is 5.05. The second-order valence-electron chi connectivity index (χ2n) is 5.09. The molecule has 3 heteroatoms. The van der Waals surface area contributed by atoms with Gasteiger partial charge < -0.3 is 5.73 Å². The Morgan fingerprint density at radius 1 is 1.11 bits per heavy atom. The van der Waals surface area contributed by atoms with Gasteiger partial charge in [-0.2, -0.15) is 5.10 Å². The van der Waals surface area contributed by atoms with E-state index in [0.29, 0.717) is 0 Å². The van der Waals surface area contributed by atoms with Crippen molar-refractivity contribution in [3.63, 3.8) is 0 Å². The van der Waals surface area contributed by atoms with E-state index in [0.717, 1.165) is 13.0 Å². The van der Waals surface area contributed by atoms with Crippen LogP contribution in [0.25, 0.3) is 0 Å². The Labute approximate surface area is 112 Å². The van der Waals surface area contributed by atoms with Gasteiger partial charge in [-0.1, -0.05) is 51.9 Å². The van der Waals surface area contributed by atoms with E-state index in [2.05, 4.69) is 25.0 Å². The minimum Gasteiger partial charge on any atom is -0.323 e. The lowest BCUT2D eigenvalue weighted by Crippen LogP contribution is -2.15. The van der Waals surface area contributed by atoms with Crippen molar-refractivity contribution in [2.75, 3.05) is 0 Å². The summed E-state index contributed by atoms with van der Waals surface area (Å²) in [5, 5.41) is 4.27. The summed E-state index contributed by atoms with van der Waals surface area (Å²) in [7, 11) is 0. The van der Waals surface area contributed by atoms with Crippen LogP contribution in [0.5, 0.6) is 0 Å². The average molecular weight is 251 g/mol. The number of nitrogens with two attached hydrogens (primary N) is 1. The number of unbranched alkanes of at least 4 members (excludes halogenated alkanes) is 6. The van der Waals surface area contributed by atoms with E-state index in [1.807, 2.05) is 10.9 Å². The molecule has 1 rings (SSSR count). The number of hydrogen-bond acceptors (Lipinski definition) is 2. The third kappa shape index (κ3) is 5.21. The number of aromatic nitrogens is 2. The van der Waals surface area contributed by atoms with Gasteiger partial charge >= 0.3 is 0 Å². The van der Waals surface area contributed by atoms with E-state index in [9.17, 15) is 0 Å². The first kappa shape index (κ1) is 15.2. The number of rotatable bonds is 10. The molecule has 1 heterocycles. The van der Waals surface area contributed by atoms with Crippen LogP contribution in [0.4, 0.5) is 0 Å². The van der Waals surface area contributed by atoms with Crippen LogP contribution in [0.15, 0.2) is 12.3 Å². The summed E-state index contributed by atoms with van der Waals surface area (Å²) >= 11 is 0. The highest BCUT2D eigenvalue weighted by atomic mass is 15.3. The Morgan fingerprint density at radius 3 is 2.44 bits per heavy atom. The maximum absolute atomic E-state index is 6.22. The van der Waals surface area contributed by atoms with Gasteiger partial charge in [0.2, 0.25) is 0 Å². The lowest BCUT2D eigenvalue weighted by molar-refractivity contribution is 0.507. The van der Waals surface area contributed by atoms with Gasteiger partial charge in [-0.3, -0.25) is 4.68 Å². The smallest absolute Gasteiger partial charge is 0.0551 e. The lowest BCUT2D eigenvalue weighted by atomic mass is 10.0. The Balaban J connectivity index is 2.12. The summed E-state index contributed by atoms with van der Waals surface area (Å²) in [6, 6.07) is 2.21. The monoisotopic (exact) mass is 251 g/mol. The predicted molar refractivity (Wildman–Crippen MR) is 77.4 cm³/mol. The van der Waals surface area contributed by atoms with Gasteiger partial charge in [0.15, 0.2) is 0 Å². The molecule has 0 bridgehead atoms. The standard InChI is InChI=1S/C15H29N3/c1-3-5-6-7-8-9-10-11-14(16)15-12-13-17-18(15)4-2/h12-14H,3-11,16H2,1-2H3. The van der Waals surface area contributed by atoms with Gasteiger partial charge in [0.1, 0.15) is 0 Å². The van der Waals surface area contributed by atoms with Crippen LogP contribution in [-0.2, 0) is 6.54 Å². The highest BCUT2D eigenvalue weighted by Gasteiger charge is 2.10. The summed E-state index contributed by atoms with van der Waals surface area (Å²) in [4.78, 5) is 0. The number of hydrogen-bond donors (Lipinski definition) is 1. The van der Waals surface area contributed by atoms with Gasteiger partial charge in [-0.25, -0.2) is 0 Å². The van der Waals surface area contributed by atoms with Gasteiger partial charge in [-0.15, -0.1) is 0 Å². The molecular weight excluding hydrogens is 222 g/mol. The molecule has 2 N–H and O–H groups in total. The molecular formula is C15H29N3. The van der Waals surface area contributed by atoms with E-state index in [1.54, 1.807) is 0 Å². The van der Waals surface area contributed by atoms with Crippen molar-refractivity contribution in [1.82, 2.24) is 9.78 Å². The van der Waals surface area contributed by atoms with Crippen molar-refractivity contribution in [1.29, 1.82) is 0 Å². The van der Waals surface area contributed by atoms with E-state index in [1.165, 1.54) is 50.6 Å². The number of aryl methyl sites for hydroxylation is 1. The summed E-state index contributed by atoms with van der Waals surface area (Å²) < 4.78 is 2.01. The van der Waals surface area contributed by atoms with Crippen LogP contribution in [0.1, 0.15) is 76.9 Å². The maximum atomic E-state index is 6.22. The van der Waals surface area contributed by atoms with Gasteiger partial charge in [0, 0.05) is 18.8 Å². The normalized spacial score (nSPS) is 12.8. The first-order valence-electron chi connectivity index (χ1n) is 7.56. The molecule has 1 unspecified atom stereocenters. The minimum atomic E-state index is 0.156. The molecule has 0 amide bonds. The molecule has 0 fully saturated rings. The zero-order valence-electron chi connectivity index (χ0n) is 12.1. The fourth-order valence-corrected chi connectivity index (χ4v) is 2.39. The first-order valence-corrected chi connectivity index (χ1v) is 7.56.